The van der Waals surface area contributed by atoms with E-state index in [0.29, 0.717) is 30.1 Å². The normalized spacial score (nSPS) is 22.2. The lowest BCUT2D eigenvalue weighted by atomic mass is 9.86. The highest BCUT2D eigenvalue weighted by Gasteiger charge is 2.52. The van der Waals surface area contributed by atoms with Gasteiger partial charge >= 0.3 is 0 Å². The Kier molecular flexibility index (Phi) is 3.15. The number of hydrogen-bond donors (Lipinski definition) is 1. The summed E-state index contributed by atoms with van der Waals surface area (Å²) in [5.74, 6) is 0.215. The van der Waals surface area contributed by atoms with E-state index in [-0.39, 0.29) is 5.78 Å². The summed E-state index contributed by atoms with van der Waals surface area (Å²) < 4.78 is 0. The van der Waals surface area contributed by atoms with Gasteiger partial charge < -0.3 is 10.0 Å². The van der Waals surface area contributed by atoms with Crippen LogP contribution in [0, 0.1) is 20.8 Å². The lowest BCUT2D eigenvalue weighted by Crippen LogP contribution is -2.48. The van der Waals surface area contributed by atoms with Crippen LogP contribution in [0.25, 0.3) is 0 Å². The van der Waals surface area contributed by atoms with Gasteiger partial charge in [0.25, 0.3) is 0 Å². The van der Waals surface area contributed by atoms with Crippen LogP contribution in [0.2, 0.25) is 0 Å². The molecule has 0 bridgehead atoms. The van der Waals surface area contributed by atoms with Crippen LogP contribution in [0.5, 0.6) is 0 Å². The minimum atomic E-state index is -1.51. The fraction of sp³-hybridized carbons (Fsp3) is 0.300. The first-order valence-electron chi connectivity index (χ1n) is 8.22. The average Bonchev–Trinajstić information content (AvgIpc) is 2.89. The minimum absolute atomic E-state index is 0.236. The standard InChI is InChI=1S/C20H20N2O2/c1-12-4-6-15(7-5-12)22-9-8-20(24)18(23)16-10-13(2)14(3)11-17(16)21-19(20)22/h4-7,10-11,24H,8-9H2,1-3H3/t20-/m1/s1. The Hall–Kier alpha value is -2.46. The largest absolute Gasteiger partial charge is 0.374 e. The van der Waals surface area contributed by atoms with Crippen LogP contribution in [0.1, 0.15) is 33.5 Å². The van der Waals surface area contributed by atoms with Crippen LogP contribution in [0.3, 0.4) is 0 Å². The van der Waals surface area contributed by atoms with Crippen molar-refractivity contribution in [2.45, 2.75) is 32.8 Å². The van der Waals surface area contributed by atoms with Gasteiger partial charge in [0.05, 0.1) is 5.69 Å². The number of carbonyl (C=O) groups excluding carboxylic acids is 1. The molecule has 1 fully saturated rings. The molecule has 1 saturated heterocycles. The third-order valence-corrected chi connectivity index (χ3v) is 5.13. The van der Waals surface area contributed by atoms with E-state index in [1.54, 1.807) is 0 Å². The van der Waals surface area contributed by atoms with Crippen LogP contribution in [-0.4, -0.2) is 28.9 Å². The molecule has 0 radical (unpaired) electrons. The van der Waals surface area contributed by atoms with Crippen molar-refractivity contribution in [2.24, 2.45) is 4.99 Å². The van der Waals surface area contributed by atoms with Gasteiger partial charge in [-0.3, -0.25) is 4.79 Å². The predicted molar refractivity (Wildman–Crippen MR) is 95.4 cm³/mol. The molecule has 2 heterocycles. The molecule has 24 heavy (non-hydrogen) atoms. The Labute approximate surface area is 141 Å². The number of rotatable bonds is 1. The molecule has 0 amide bonds. The van der Waals surface area contributed by atoms with E-state index >= 15 is 0 Å². The fourth-order valence-electron chi connectivity index (χ4n) is 3.47. The van der Waals surface area contributed by atoms with Gasteiger partial charge in [-0.1, -0.05) is 17.7 Å². The molecule has 122 valence electrons. The van der Waals surface area contributed by atoms with Crippen molar-refractivity contribution in [3.05, 3.63) is 58.7 Å². The highest BCUT2D eigenvalue weighted by molar-refractivity contribution is 6.28. The molecule has 2 aromatic rings. The Morgan fingerprint density at radius 2 is 1.75 bits per heavy atom. The Morgan fingerprint density at radius 3 is 2.46 bits per heavy atom. The zero-order chi connectivity index (χ0) is 17.1. The van der Waals surface area contributed by atoms with Gasteiger partial charge in [0.15, 0.2) is 5.60 Å². The van der Waals surface area contributed by atoms with Crippen LogP contribution >= 0.6 is 0 Å². The van der Waals surface area contributed by atoms with Gasteiger partial charge in [-0.2, -0.15) is 0 Å². The number of amidine groups is 1. The zero-order valence-corrected chi connectivity index (χ0v) is 14.1. The monoisotopic (exact) mass is 320 g/mol. The molecule has 2 aliphatic rings. The van der Waals surface area contributed by atoms with Gasteiger partial charge in [-0.05, 0) is 56.2 Å². The van der Waals surface area contributed by atoms with Gasteiger partial charge in [0.1, 0.15) is 5.84 Å². The first-order valence-corrected chi connectivity index (χ1v) is 8.22. The number of fused-ring (bicyclic) bond motifs is 2. The summed E-state index contributed by atoms with van der Waals surface area (Å²) in [7, 11) is 0. The topological polar surface area (TPSA) is 52.9 Å². The molecule has 2 aliphatic heterocycles. The van der Waals surface area contributed by atoms with Crippen molar-refractivity contribution < 1.29 is 9.90 Å². The van der Waals surface area contributed by atoms with E-state index in [2.05, 4.69) is 4.99 Å². The molecular formula is C20H20N2O2. The van der Waals surface area contributed by atoms with Crippen LogP contribution in [0.15, 0.2) is 41.4 Å². The van der Waals surface area contributed by atoms with E-state index in [0.717, 1.165) is 16.8 Å². The first-order chi connectivity index (χ1) is 11.4. The van der Waals surface area contributed by atoms with E-state index in [1.165, 1.54) is 5.56 Å². The van der Waals surface area contributed by atoms with E-state index < -0.39 is 5.60 Å². The van der Waals surface area contributed by atoms with Crippen LogP contribution in [-0.2, 0) is 0 Å². The molecule has 1 atom stereocenters. The fourth-order valence-corrected chi connectivity index (χ4v) is 3.47. The summed E-state index contributed by atoms with van der Waals surface area (Å²) in [4.78, 5) is 19.6. The Balaban J connectivity index is 1.87. The number of ketones is 1. The predicted octanol–water partition coefficient (Wildman–Crippen LogP) is 3.48. The summed E-state index contributed by atoms with van der Waals surface area (Å²) in [5, 5.41) is 11.1. The minimum Gasteiger partial charge on any atom is -0.374 e. The van der Waals surface area contributed by atoms with Crippen molar-refractivity contribution in [1.29, 1.82) is 0 Å². The summed E-state index contributed by atoms with van der Waals surface area (Å²) in [5.41, 5.74) is 3.92. The molecule has 2 aromatic carbocycles. The van der Waals surface area contributed by atoms with Gasteiger partial charge in [0.2, 0.25) is 5.78 Å². The molecule has 0 saturated carbocycles. The van der Waals surface area contributed by atoms with Gasteiger partial charge in [0, 0.05) is 24.2 Å². The number of nitrogens with zero attached hydrogens (tertiary/aromatic N) is 2. The summed E-state index contributed by atoms with van der Waals surface area (Å²) in [6, 6.07) is 11.8. The Bertz CT molecular complexity index is 883. The molecule has 0 aromatic heterocycles. The highest BCUT2D eigenvalue weighted by Crippen LogP contribution is 2.40. The lowest BCUT2D eigenvalue weighted by Gasteiger charge is -2.30. The lowest BCUT2D eigenvalue weighted by molar-refractivity contribution is 0.0602. The maximum absolute atomic E-state index is 13.0. The number of hydrogen-bond acceptors (Lipinski definition) is 4. The van der Waals surface area contributed by atoms with E-state index in [1.807, 2.05) is 62.1 Å². The van der Waals surface area contributed by atoms with Gasteiger partial charge in [-0.25, -0.2) is 4.99 Å². The van der Waals surface area contributed by atoms with E-state index in [9.17, 15) is 9.90 Å². The third-order valence-electron chi connectivity index (χ3n) is 5.13. The summed E-state index contributed by atoms with van der Waals surface area (Å²) in [6.07, 6.45) is 0.366. The highest BCUT2D eigenvalue weighted by atomic mass is 16.3. The Morgan fingerprint density at radius 1 is 1.08 bits per heavy atom. The second-order valence-electron chi connectivity index (χ2n) is 6.82. The number of carbonyl (C=O) groups is 1. The van der Waals surface area contributed by atoms with E-state index in [4.69, 9.17) is 0 Å². The van der Waals surface area contributed by atoms with Crippen molar-refractivity contribution in [2.75, 3.05) is 11.4 Å². The maximum atomic E-state index is 13.0. The molecule has 4 rings (SSSR count). The number of aryl methyl sites for hydroxylation is 3. The SMILES string of the molecule is Cc1ccc(N2CC[C@@]3(O)C(=O)c4cc(C)c(C)cc4N=C23)cc1. The molecule has 0 aliphatic carbocycles. The number of aliphatic imine (C=N–C) groups is 1. The summed E-state index contributed by atoms with van der Waals surface area (Å²) >= 11 is 0. The second kappa shape index (κ2) is 5.02. The van der Waals surface area contributed by atoms with Crippen molar-refractivity contribution >= 4 is 23.0 Å². The molecule has 1 N–H and O–H groups in total. The maximum Gasteiger partial charge on any atom is 0.204 e. The number of Topliss-reactive ketones (excluding diaryl/α,β-unsaturated/α-hetero) is 1. The molecule has 4 heteroatoms. The van der Waals surface area contributed by atoms with Gasteiger partial charge in [-0.15, -0.1) is 0 Å². The van der Waals surface area contributed by atoms with Crippen molar-refractivity contribution in [3.63, 3.8) is 0 Å². The van der Waals surface area contributed by atoms with Crippen molar-refractivity contribution in [1.82, 2.24) is 0 Å². The number of benzene rings is 2. The zero-order valence-electron chi connectivity index (χ0n) is 14.1. The second-order valence-corrected chi connectivity index (χ2v) is 6.82. The quantitative estimate of drug-likeness (QED) is 0.875. The molecule has 0 unspecified atom stereocenters. The first kappa shape index (κ1) is 15.1. The summed E-state index contributed by atoms with van der Waals surface area (Å²) in [6.45, 7) is 6.59. The van der Waals surface area contributed by atoms with Crippen LogP contribution in [0.4, 0.5) is 11.4 Å². The van der Waals surface area contributed by atoms with Crippen LogP contribution < -0.4 is 4.90 Å². The number of anilines is 1. The molecule has 0 spiro atoms. The number of aliphatic hydroxyl groups is 1. The third kappa shape index (κ3) is 2.03. The molecule has 4 nitrogen and oxygen atoms in total. The molecular weight excluding hydrogens is 300 g/mol. The van der Waals surface area contributed by atoms with Crippen molar-refractivity contribution in [3.8, 4) is 0 Å². The smallest absolute Gasteiger partial charge is 0.204 e. The average molecular weight is 320 g/mol.